The molecule has 1 nitrogen and oxygen atoms in total. The van der Waals surface area contributed by atoms with Gasteiger partial charge in [-0.05, 0) is 29.5 Å². The van der Waals surface area contributed by atoms with Gasteiger partial charge in [-0.1, -0.05) is 61.0 Å². The van der Waals surface area contributed by atoms with E-state index in [1.54, 1.807) is 0 Å². The minimum absolute atomic E-state index is 0.229. The quantitative estimate of drug-likeness (QED) is 0.864. The van der Waals surface area contributed by atoms with E-state index in [1.807, 2.05) is 0 Å². The molecule has 1 saturated carbocycles. The summed E-state index contributed by atoms with van der Waals surface area (Å²) in [5.41, 5.74) is 10.4. The van der Waals surface area contributed by atoms with Crippen LogP contribution in [0.4, 0.5) is 0 Å². The molecule has 2 aromatic carbocycles. The van der Waals surface area contributed by atoms with Gasteiger partial charge < -0.3 is 5.73 Å². The molecule has 0 heterocycles. The van der Waals surface area contributed by atoms with E-state index in [2.05, 4.69) is 54.6 Å². The zero-order valence-corrected chi connectivity index (χ0v) is 10.6. The van der Waals surface area contributed by atoms with Crippen LogP contribution in [0.5, 0.6) is 0 Å². The summed E-state index contributed by atoms with van der Waals surface area (Å²) in [6, 6.07) is 19.4. The van der Waals surface area contributed by atoms with Crippen LogP contribution in [-0.4, -0.2) is 6.54 Å². The number of hydrogen-bond acceptors (Lipinski definition) is 1. The van der Waals surface area contributed by atoms with Crippen molar-refractivity contribution in [2.45, 2.75) is 24.7 Å². The highest BCUT2D eigenvalue weighted by Gasteiger charge is 2.38. The maximum Gasteiger partial charge on any atom is 0.00817 e. The van der Waals surface area contributed by atoms with Gasteiger partial charge >= 0.3 is 0 Å². The Hall–Kier alpha value is -1.60. The van der Waals surface area contributed by atoms with Crippen molar-refractivity contribution in [2.24, 2.45) is 5.73 Å². The molecule has 1 aliphatic carbocycles. The zero-order valence-electron chi connectivity index (χ0n) is 10.6. The van der Waals surface area contributed by atoms with E-state index in [4.69, 9.17) is 5.73 Å². The third-order valence-electron chi connectivity index (χ3n) is 4.28. The van der Waals surface area contributed by atoms with Crippen molar-refractivity contribution >= 4 is 0 Å². The predicted octanol–water partition coefficient (Wildman–Crippen LogP) is 3.73. The van der Waals surface area contributed by atoms with E-state index in [0.29, 0.717) is 0 Å². The van der Waals surface area contributed by atoms with Gasteiger partial charge in [0.1, 0.15) is 0 Å². The summed E-state index contributed by atoms with van der Waals surface area (Å²) in [5, 5.41) is 0. The van der Waals surface area contributed by atoms with Crippen molar-refractivity contribution in [3.8, 4) is 11.1 Å². The summed E-state index contributed by atoms with van der Waals surface area (Å²) >= 11 is 0. The van der Waals surface area contributed by atoms with Crippen LogP contribution in [0.25, 0.3) is 11.1 Å². The number of nitrogens with two attached hydrogens (primary N) is 1. The van der Waals surface area contributed by atoms with Crippen LogP contribution >= 0.6 is 0 Å². The summed E-state index contributed by atoms with van der Waals surface area (Å²) < 4.78 is 0. The van der Waals surface area contributed by atoms with Crippen LogP contribution in [0.2, 0.25) is 0 Å². The summed E-state index contributed by atoms with van der Waals surface area (Å²) in [5.74, 6) is 0. The zero-order chi connectivity index (χ0) is 12.4. The largest absolute Gasteiger partial charge is 0.330 e. The molecule has 2 aromatic rings. The van der Waals surface area contributed by atoms with Crippen LogP contribution in [0.15, 0.2) is 54.6 Å². The smallest absolute Gasteiger partial charge is 0.00817 e. The fourth-order valence-electron chi connectivity index (χ4n) is 3.00. The Bertz CT molecular complexity index is 521. The molecular weight excluding hydrogens is 218 g/mol. The third-order valence-corrected chi connectivity index (χ3v) is 4.28. The molecule has 0 bridgehead atoms. The summed E-state index contributed by atoms with van der Waals surface area (Å²) in [6.45, 7) is 0.761. The highest BCUT2D eigenvalue weighted by molar-refractivity contribution is 5.69. The van der Waals surface area contributed by atoms with Gasteiger partial charge in [-0.3, -0.25) is 0 Å². The summed E-state index contributed by atoms with van der Waals surface area (Å²) in [4.78, 5) is 0. The first-order valence-corrected chi connectivity index (χ1v) is 6.71. The molecule has 0 unspecified atom stereocenters. The fourth-order valence-corrected chi connectivity index (χ4v) is 3.00. The lowest BCUT2D eigenvalue weighted by atomic mass is 9.63. The number of rotatable bonds is 3. The molecular formula is C17H19N. The monoisotopic (exact) mass is 237 g/mol. The normalized spacial score (nSPS) is 17.2. The number of hydrogen-bond donors (Lipinski definition) is 1. The Labute approximate surface area is 109 Å². The first-order chi connectivity index (χ1) is 8.86. The van der Waals surface area contributed by atoms with E-state index < -0.39 is 0 Å². The minimum Gasteiger partial charge on any atom is -0.330 e. The molecule has 18 heavy (non-hydrogen) atoms. The van der Waals surface area contributed by atoms with Gasteiger partial charge in [-0.25, -0.2) is 0 Å². The average Bonchev–Trinajstić information content (AvgIpc) is 2.40. The summed E-state index contributed by atoms with van der Waals surface area (Å²) in [6.07, 6.45) is 3.76. The third kappa shape index (κ3) is 1.75. The Balaban J connectivity index is 2.11. The van der Waals surface area contributed by atoms with E-state index in [0.717, 1.165) is 6.54 Å². The van der Waals surface area contributed by atoms with Crippen molar-refractivity contribution in [2.75, 3.05) is 6.54 Å². The Morgan fingerprint density at radius 2 is 1.56 bits per heavy atom. The van der Waals surface area contributed by atoms with Gasteiger partial charge in [0, 0.05) is 12.0 Å². The van der Waals surface area contributed by atoms with Gasteiger partial charge in [0.25, 0.3) is 0 Å². The van der Waals surface area contributed by atoms with Gasteiger partial charge in [-0.15, -0.1) is 0 Å². The van der Waals surface area contributed by atoms with Crippen molar-refractivity contribution in [1.29, 1.82) is 0 Å². The van der Waals surface area contributed by atoms with Crippen LogP contribution in [-0.2, 0) is 5.41 Å². The first-order valence-electron chi connectivity index (χ1n) is 6.71. The molecule has 2 N–H and O–H groups in total. The van der Waals surface area contributed by atoms with E-state index in [9.17, 15) is 0 Å². The topological polar surface area (TPSA) is 26.0 Å². The van der Waals surface area contributed by atoms with Crippen molar-refractivity contribution in [3.63, 3.8) is 0 Å². The lowest BCUT2D eigenvalue weighted by Gasteiger charge is -2.42. The predicted molar refractivity (Wildman–Crippen MR) is 76.5 cm³/mol. The van der Waals surface area contributed by atoms with Crippen molar-refractivity contribution in [1.82, 2.24) is 0 Å². The van der Waals surface area contributed by atoms with Gasteiger partial charge in [0.05, 0.1) is 0 Å². The maximum atomic E-state index is 6.05. The second-order valence-electron chi connectivity index (χ2n) is 5.25. The molecule has 0 spiro atoms. The average molecular weight is 237 g/mol. The van der Waals surface area contributed by atoms with E-state index in [1.165, 1.54) is 36.0 Å². The Morgan fingerprint density at radius 1 is 0.889 bits per heavy atom. The molecule has 1 fully saturated rings. The standard InChI is InChI=1S/C17H19N/c18-13-17(11-6-12-17)16-10-5-4-9-15(16)14-7-2-1-3-8-14/h1-5,7-10H,6,11-13,18H2. The SMILES string of the molecule is NCC1(c2ccccc2-c2ccccc2)CCC1. The lowest BCUT2D eigenvalue weighted by Crippen LogP contribution is -2.41. The highest BCUT2D eigenvalue weighted by Crippen LogP contribution is 2.46. The lowest BCUT2D eigenvalue weighted by molar-refractivity contribution is 0.254. The van der Waals surface area contributed by atoms with E-state index >= 15 is 0 Å². The second-order valence-corrected chi connectivity index (χ2v) is 5.25. The van der Waals surface area contributed by atoms with Crippen molar-refractivity contribution in [3.05, 3.63) is 60.2 Å². The number of benzene rings is 2. The van der Waals surface area contributed by atoms with E-state index in [-0.39, 0.29) is 5.41 Å². The highest BCUT2D eigenvalue weighted by atomic mass is 14.6. The molecule has 1 heteroatoms. The maximum absolute atomic E-state index is 6.05. The van der Waals surface area contributed by atoms with Crippen LogP contribution in [0, 0.1) is 0 Å². The van der Waals surface area contributed by atoms with Crippen LogP contribution in [0.1, 0.15) is 24.8 Å². The van der Waals surface area contributed by atoms with Gasteiger partial charge in [0.15, 0.2) is 0 Å². The molecule has 1 aliphatic rings. The molecule has 0 amide bonds. The molecule has 0 radical (unpaired) electrons. The first kappa shape index (κ1) is 11.5. The molecule has 0 saturated heterocycles. The van der Waals surface area contributed by atoms with Gasteiger partial charge in [-0.2, -0.15) is 0 Å². The second kappa shape index (κ2) is 4.58. The molecule has 0 aliphatic heterocycles. The molecule has 92 valence electrons. The molecule has 0 atom stereocenters. The van der Waals surface area contributed by atoms with Crippen LogP contribution in [0.3, 0.4) is 0 Å². The van der Waals surface area contributed by atoms with Gasteiger partial charge in [0.2, 0.25) is 0 Å². The fraction of sp³-hybridized carbons (Fsp3) is 0.294. The Kier molecular flexibility index (Phi) is 2.92. The van der Waals surface area contributed by atoms with Crippen molar-refractivity contribution < 1.29 is 0 Å². The Morgan fingerprint density at radius 3 is 2.17 bits per heavy atom. The molecule has 0 aromatic heterocycles. The van der Waals surface area contributed by atoms with Crippen LogP contribution < -0.4 is 5.73 Å². The minimum atomic E-state index is 0.229. The molecule has 3 rings (SSSR count). The summed E-state index contributed by atoms with van der Waals surface area (Å²) in [7, 11) is 0.